The van der Waals surface area contributed by atoms with E-state index < -0.39 is 0 Å². The second-order valence-corrected chi connectivity index (χ2v) is 12.4. The molecule has 2 aromatic rings. The highest BCUT2D eigenvalue weighted by Gasteiger charge is 2.42. The SMILES string of the molecule is C(CCSc1nsnc1C1CN2CCC1C2)CSc1nsnc1C1CN2CCC1C2. The van der Waals surface area contributed by atoms with Gasteiger partial charge in [-0.3, -0.25) is 0 Å². The Kier molecular flexibility index (Phi) is 6.06. The predicted octanol–water partition coefficient (Wildman–Crippen LogP) is 3.89. The fourth-order valence-electron chi connectivity index (χ4n) is 5.76. The van der Waals surface area contributed by atoms with Gasteiger partial charge < -0.3 is 9.80 Å². The molecule has 2 aromatic heterocycles. The van der Waals surface area contributed by atoms with Gasteiger partial charge in [0.25, 0.3) is 0 Å². The summed E-state index contributed by atoms with van der Waals surface area (Å²) < 4.78 is 18.6. The topological polar surface area (TPSA) is 58.0 Å². The van der Waals surface area contributed by atoms with E-state index in [4.69, 9.17) is 8.75 Å². The molecular formula is C20H28N6S4. The molecule has 0 aliphatic carbocycles. The molecule has 6 rings (SSSR count). The van der Waals surface area contributed by atoms with E-state index in [-0.39, 0.29) is 0 Å². The van der Waals surface area contributed by atoms with Gasteiger partial charge in [0.1, 0.15) is 10.1 Å². The molecule has 0 radical (unpaired) electrons. The minimum Gasteiger partial charge on any atom is -0.302 e. The van der Waals surface area contributed by atoms with E-state index in [0.29, 0.717) is 11.8 Å². The maximum absolute atomic E-state index is 4.69. The van der Waals surface area contributed by atoms with Crippen molar-refractivity contribution < 1.29 is 0 Å². The lowest BCUT2D eigenvalue weighted by Gasteiger charge is -2.20. The first-order chi connectivity index (χ1) is 14.8. The lowest BCUT2D eigenvalue weighted by molar-refractivity contribution is 0.342. The number of aromatic nitrogens is 4. The molecule has 6 unspecified atom stereocenters. The summed E-state index contributed by atoms with van der Waals surface area (Å²) in [7, 11) is 0. The van der Waals surface area contributed by atoms with Gasteiger partial charge >= 0.3 is 0 Å². The third-order valence-corrected chi connectivity index (χ3v) is 10.8. The van der Waals surface area contributed by atoms with Crippen LogP contribution >= 0.6 is 47.0 Å². The number of hydrogen-bond donors (Lipinski definition) is 0. The van der Waals surface area contributed by atoms with Crippen LogP contribution in [0.5, 0.6) is 0 Å². The van der Waals surface area contributed by atoms with Crippen molar-refractivity contribution in [1.82, 2.24) is 27.3 Å². The van der Waals surface area contributed by atoms with E-state index in [9.17, 15) is 0 Å². The average molecular weight is 481 g/mol. The highest BCUT2D eigenvalue weighted by atomic mass is 32.2. The van der Waals surface area contributed by atoms with Crippen LogP contribution in [-0.4, -0.2) is 78.1 Å². The van der Waals surface area contributed by atoms with E-state index >= 15 is 0 Å². The van der Waals surface area contributed by atoms with Crippen molar-refractivity contribution in [3.8, 4) is 0 Å². The van der Waals surface area contributed by atoms with Gasteiger partial charge in [-0.15, -0.1) is 23.5 Å². The van der Waals surface area contributed by atoms with E-state index in [1.807, 2.05) is 23.5 Å². The van der Waals surface area contributed by atoms with Crippen molar-refractivity contribution in [1.29, 1.82) is 0 Å². The number of nitrogens with zero attached hydrogens (tertiary/aromatic N) is 6. The van der Waals surface area contributed by atoms with Crippen molar-refractivity contribution in [3.63, 3.8) is 0 Å². The Morgan fingerprint density at radius 3 is 1.60 bits per heavy atom. The van der Waals surface area contributed by atoms with Crippen molar-refractivity contribution >= 4 is 47.0 Å². The van der Waals surface area contributed by atoms with Gasteiger partial charge in [-0.2, -0.15) is 17.5 Å². The number of unbranched alkanes of at least 4 members (excludes halogenated alkanes) is 1. The van der Waals surface area contributed by atoms with E-state index in [0.717, 1.165) is 23.3 Å². The maximum atomic E-state index is 4.69. The Morgan fingerprint density at radius 1 is 0.700 bits per heavy atom. The van der Waals surface area contributed by atoms with Crippen LogP contribution in [0.1, 0.15) is 48.9 Å². The van der Waals surface area contributed by atoms with E-state index in [1.165, 1.54) is 110 Å². The third-order valence-electron chi connectivity index (χ3n) is 7.35. The Bertz CT molecular complexity index is 801. The molecule has 6 atom stereocenters. The molecule has 30 heavy (non-hydrogen) atoms. The van der Waals surface area contributed by atoms with Crippen LogP contribution in [0.3, 0.4) is 0 Å². The molecule has 4 saturated heterocycles. The quantitative estimate of drug-likeness (QED) is 0.396. The fraction of sp³-hybridized carbons (Fsp3) is 0.800. The second kappa shape index (κ2) is 8.94. The molecule has 0 aromatic carbocycles. The van der Waals surface area contributed by atoms with Gasteiger partial charge in [0.2, 0.25) is 0 Å². The lowest BCUT2D eigenvalue weighted by atomic mass is 9.90. The summed E-state index contributed by atoms with van der Waals surface area (Å²) in [6, 6.07) is 0. The Morgan fingerprint density at radius 2 is 1.20 bits per heavy atom. The van der Waals surface area contributed by atoms with Gasteiger partial charge in [-0.25, -0.2) is 0 Å². The van der Waals surface area contributed by atoms with Crippen LogP contribution in [0.25, 0.3) is 0 Å². The van der Waals surface area contributed by atoms with E-state index in [2.05, 4.69) is 18.5 Å². The monoisotopic (exact) mass is 480 g/mol. The van der Waals surface area contributed by atoms with Crippen molar-refractivity contribution in [3.05, 3.63) is 11.4 Å². The van der Waals surface area contributed by atoms with Crippen LogP contribution in [-0.2, 0) is 0 Å². The summed E-state index contributed by atoms with van der Waals surface area (Å²) in [5, 5.41) is 2.42. The van der Waals surface area contributed by atoms with Gasteiger partial charge in [0, 0.05) is 38.0 Å². The van der Waals surface area contributed by atoms with Gasteiger partial charge in [-0.1, -0.05) is 0 Å². The Hall–Kier alpha value is -0.260. The largest absolute Gasteiger partial charge is 0.302 e. The maximum Gasteiger partial charge on any atom is 0.134 e. The molecule has 0 saturated carbocycles. The Balaban J connectivity index is 0.951. The first-order valence-corrected chi connectivity index (χ1v) is 14.6. The number of rotatable bonds is 9. The van der Waals surface area contributed by atoms with E-state index in [1.54, 1.807) is 0 Å². The van der Waals surface area contributed by atoms with Gasteiger partial charge in [0.15, 0.2) is 0 Å². The minimum atomic E-state index is 0.633. The molecular weight excluding hydrogens is 453 g/mol. The summed E-state index contributed by atoms with van der Waals surface area (Å²) in [4.78, 5) is 5.19. The van der Waals surface area contributed by atoms with Crippen molar-refractivity contribution in [2.45, 2.75) is 47.6 Å². The summed E-state index contributed by atoms with van der Waals surface area (Å²) >= 11 is 6.66. The molecule has 6 nitrogen and oxygen atoms in total. The number of piperidine rings is 2. The zero-order chi connectivity index (χ0) is 19.9. The first-order valence-electron chi connectivity index (χ1n) is 11.2. The summed E-state index contributed by atoms with van der Waals surface area (Å²) in [5.74, 6) is 5.18. The zero-order valence-electron chi connectivity index (χ0n) is 17.1. The van der Waals surface area contributed by atoms with Crippen LogP contribution in [0.2, 0.25) is 0 Å². The standard InChI is InChI=1S/C20H28N6S4/c1(7-27-19-17(21-29-23-19)15-11-25-5-3-13(15)9-25)2-8-28-20-18(22-30-24-20)16-12-26-6-4-14(16)10-26/h13-16H,1-12H2. The number of hydrogen-bond acceptors (Lipinski definition) is 10. The second-order valence-electron chi connectivity index (χ2n) is 9.14. The van der Waals surface area contributed by atoms with Gasteiger partial charge in [0.05, 0.1) is 34.8 Å². The molecule has 4 aliphatic heterocycles. The molecule has 4 aliphatic rings. The van der Waals surface area contributed by atoms with Crippen LogP contribution in [0.4, 0.5) is 0 Å². The van der Waals surface area contributed by atoms with Gasteiger partial charge in [-0.05, 0) is 62.1 Å². The first kappa shape index (κ1) is 20.4. The van der Waals surface area contributed by atoms with Crippen LogP contribution in [0.15, 0.2) is 10.1 Å². The molecule has 6 heterocycles. The fourth-order valence-corrected chi connectivity index (χ4v) is 9.30. The van der Waals surface area contributed by atoms with Crippen molar-refractivity contribution in [2.24, 2.45) is 11.8 Å². The van der Waals surface area contributed by atoms with Crippen molar-refractivity contribution in [2.75, 3.05) is 50.8 Å². The highest BCUT2D eigenvalue weighted by molar-refractivity contribution is 7.99. The zero-order valence-corrected chi connectivity index (χ0v) is 20.4. The van der Waals surface area contributed by atoms with Crippen LogP contribution < -0.4 is 0 Å². The summed E-state index contributed by atoms with van der Waals surface area (Å²) in [6.07, 6.45) is 5.14. The molecule has 4 bridgehead atoms. The third kappa shape index (κ3) is 3.96. The molecule has 0 amide bonds. The Labute approximate surface area is 195 Å². The number of fused-ring (bicyclic) bond motifs is 4. The smallest absolute Gasteiger partial charge is 0.134 e. The van der Waals surface area contributed by atoms with Crippen LogP contribution in [0, 0.1) is 11.8 Å². The highest BCUT2D eigenvalue weighted by Crippen LogP contribution is 2.43. The summed E-state index contributed by atoms with van der Waals surface area (Å²) in [5.41, 5.74) is 2.60. The molecule has 162 valence electrons. The normalized spacial score (nSPS) is 34.4. The molecule has 10 heteroatoms. The molecule has 0 N–H and O–H groups in total. The average Bonchev–Trinajstić information content (AvgIpc) is 3.60. The summed E-state index contributed by atoms with van der Waals surface area (Å²) in [6.45, 7) is 7.52. The lowest BCUT2D eigenvalue weighted by Crippen LogP contribution is -2.22. The number of thioether (sulfide) groups is 2. The molecule has 4 fully saturated rings. The minimum absolute atomic E-state index is 0.633. The predicted molar refractivity (Wildman–Crippen MR) is 125 cm³/mol. The molecule has 0 spiro atoms.